The summed E-state index contributed by atoms with van der Waals surface area (Å²) in [5, 5.41) is 13.9. The molecule has 0 radical (unpaired) electrons. The molecule has 3 aromatic carbocycles. The maximum atomic E-state index is 12.8. The highest BCUT2D eigenvalue weighted by molar-refractivity contribution is 6.27. The quantitative estimate of drug-likeness (QED) is 0.355. The summed E-state index contributed by atoms with van der Waals surface area (Å²) >= 11 is 0. The Morgan fingerprint density at radius 1 is 0.794 bits per heavy atom. The topological polar surface area (TPSA) is 80.2 Å². The van der Waals surface area contributed by atoms with Crippen molar-refractivity contribution < 1.29 is 19.4 Å². The molecule has 174 valence electrons. The van der Waals surface area contributed by atoms with Crippen molar-refractivity contribution in [3.05, 3.63) is 83.9 Å². The molecule has 34 heavy (non-hydrogen) atoms. The molecule has 3 aromatic rings. The Morgan fingerprint density at radius 2 is 1.41 bits per heavy atom. The zero-order valence-corrected chi connectivity index (χ0v) is 19.4. The monoisotopic (exact) mass is 456 g/mol. The van der Waals surface area contributed by atoms with Crippen molar-refractivity contribution in [3.8, 4) is 17.2 Å². The first-order chi connectivity index (χ1) is 16.6. The molecule has 0 aromatic heterocycles. The molecule has 0 saturated carbocycles. The molecular formula is C28H28N2O4. The maximum Gasteiger partial charge on any atom is 0.188 e. The number of fused-ring (bicyclic) bond motifs is 1. The van der Waals surface area contributed by atoms with Gasteiger partial charge in [-0.2, -0.15) is 0 Å². The van der Waals surface area contributed by atoms with Crippen LogP contribution in [0.5, 0.6) is 17.2 Å². The van der Waals surface area contributed by atoms with E-state index in [2.05, 4.69) is 24.2 Å². The van der Waals surface area contributed by atoms with Crippen molar-refractivity contribution in [1.82, 2.24) is 0 Å². The Hall–Kier alpha value is -4.06. The lowest BCUT2D eigenvalue weighted by Gasteiger charge is -2.19. The van der Waals surface area contributed by atoms with Crippen molar-refractivity contribution in [1.29, 1.82) is 0 Å². The number of carbonyl (C=O) groups is 1. The van der Waals surface area contributed by atoms with E-state index in [9.17, 15) is 9.90 Å². The van der Waals surface area contributed by atoms with E-state index in [-0.39, 0.29) is 11.5 Å². The zero-order valence-electron chi connectivity index (χ0n) is 19.4. The molecule has 0 unspecified atom stereocenters. The summed E-state index contributed by atoms with van der Waals surface area (Å²) in [6.45, 7) is 5.44. The second-order valence-electron chi connectivity index (χ2n) is 7.92. The molecule has 0 spiro atoms. The van der Waals surface area contributed by atoms with Crippen LogP contribution in [-0.4, -0.2) is 29.8 Å². The first-order valence-corrected chi connectivity index (χ1v) is 11.5. The van der Waals surface area contributed by atoms with E-state index in [0.717, 1.165) is 30.0 Å². The summed E-state index contributed by atoms with van der Waals surface area (Å²) in [5.74, 6) is 1.38. The highest BCUT2D eigenvalue weighted by Crippen LogP contribution is 2.35. The van der Waals surface area contributed by atoms with E-state index in [1.165, 1.54) is 6.08 Å². The number of benzene rings is 3. The average Bonchev–Trinajstić information content (AvgIpc) is 2.86. The van der Waals surface area contributed by atoms with Gasteiger partial charge in [-0.25, -0.2) is 4.99 Å². The second kappa shape index (κ2) is 10.7. The summed E-state index contributed by atoms with van der Waals surface area (Å²) in [4.78, 5) is 17.5. The van der Waals surface area contributed by atoms with Crippen LogP contribution in [-0.2, 0) is 0 Å². The third kappa shape index (κ3) is 5.29. The number of aromatic hydroxyl groups is 1. The van der Waals surface area contributed by atoms with Crippen LogP contribution in [0.25, 0.3) is 0 Å². The van der Waals surface area contributed by atoms with Crippen LogP contribution in [0.4, 0.5) is 17.1 Å². The van der Waals surface area contributed by atoms with E-state index in [0.29, 0.717) is 41.4 Å². The Bertz CT molecular complexity index is 1210. The molecule has 1 aliphatic rings. The summed E-state index contributed by atoms with van der Waals surface area (Å²) < 4.78 is 11.3. The predicted octanol–water partition coefficient (Wildman–Crippen LogP) is 6.59. The number of rotatable bonds is 9. The smallest absolute Gasteiger partial charge is 0.188 e. The molecule has 0 saturated heterocycles. The SMILES string of the molecule is CCCOc1ccc(N=C2C=CC(=O)c3c(Nc4ccc(OCCC)cc4)ccc(O)c32)cc1. The maximum absolute atomic E-state index is 12.8. The number of allylic oxidation sites excluding steroid dienone is 2. The highest BCUT2D eigenvalue weighted by atomic mass is 16.5. The molecule has 0 bridgehead atoms. The third-order valence-electron chi connectivity index (χ3n) is 5.24. The largest absolute Gasteiger partial charge is 0.507 e. The van der Waals surface area contributed by atoms with Crippen LogP contribution in [0.2, 0.25) is 0 Å². The number of aliphatic imine (C=N–C) groups is 1. The number of nitrogens with zero attached hydrogens (tertiary/aromatic N) is 1. The number of ether oxygens (including phenoxy) is 2. The normalized spacial score (nSPS) is 13.6. The number of anilines is 2. The van der Waals surface area contributed by atoms with Crippen molar-refractivity contribution in [3.63, 3.8) is 0 Å². The van der Waals surface area contributed by atoms with E-state index in [1.54, 1.807) is 18.2 Å². The minimum Gasteiger partial charge on any atom is -0.507 e. The van der Waals surface area contributed by atoms with Gasteiger partial charge in [0.15, 0.2) is 5.78 Å². The first kappa shape index (κ1) is 23.1. The molecule has 4 rings (SSSR count). The number of hydrogen-bond donors (Lipinski definition) is 2. The van der Waals surface area contributed by atoms with Crippen molar-refractivity contribution in [2.24, 2.45) is 4.99 Å². The van der Waals surface area contributed by atoms with Gasteiger partial charge < -0.3 is 19.9 Å². The van der Waals surface area contributed by atoms with Gasteiger partial charge in [0, 0.05) is 5.69 Å². The zero-order chi connectivity index (χ0) is 23.9. The van der Waals surface area contributed by atoms with Gasteiger partial charge in [-0.05, 0) is 85.7 Å². The average molecular weight is 457 g/mol. The standard InChI is InChI=1S/C28H28N2O4/c1-3-17-33-21-9-5-19(6-10-21)29-23-13-15-26(32)28-24(14-16-25(31)27(23)28)30-20-7-11-22(12-8-20)34-18-4-2/h5-16,29,32H,3-4,17-18H2,1-2H3. The van der Waals surface area contributed by atoms with E-state index >= 15 is 0 Å². The van der Waals surface area contributed by atoms with E-state index in [4.69, 9.17) is 9.47 Å². The predicted molar refractivity (Wildman–Crippen MR) is 136 cm³/mol. The molecule has 0 fully saturated rings. The van der Waals surface area contributed by atoms with Gasteiger partial charge in [-0.1, -0.05) is 13.8 Å². The molecule has 0 atom stereocenters. The Balaban J connectivity index is 1.63. The van der Waals surface area contributed by atoms with E-state index in [1.807, 2.05) is 48.5 Å². The second-order valence-corrected chi connectivity index (χ2v) is 7.92. The molecule has 0 heterocycles. The summed E-state index contributed by atoms with van der Waals surface area (Å²) in [6, 6.07) is 18.2. The van der Waals surface area contributed by atoms with Crippen LogP contribution < -0.4 is 14.8 Å². The number of nitrogens with one attached hydrogen (secondary N) is 1. The Morgan fingerprint density at radius 3 is 2.03 bits per heavy atom. The van der Waals surface area contributed by atoms with Crippen LogP contribution >= 0.6 is 0 Å². The van der Waals surface area contributed by atoms with Gasteiger partial charge in [0.25, 0.3) is 0 Å². The molecule has 0 amide bonds. The number of carbonyl (C=O) groups excluding carboxylic acids is 1. The van der Waals surface area contributed by atoms with Crippen LogP contribution in [0.15, 0.2) is 77.8 Å². The number of ketones is 1. The van der Waals surface area contributed by atoms with Crippen molar-refractivity contribution >= 4 is 28.6 Å². The van der Waals surface area contributed by atoms with Gasteiger partial charge >= 0.3 is 0 Å². The third-order valence-corrected chi connectivity index (χ3v) is 5.24. The van der Waals surface area contributed by atoms with E-state index < -0.39 is 0 Å². The highest BCUT2D eigenvalue weighted by Gasteiger charge is 2.25. The van der Waals surface area contributed by atoms with Gasteiger partial charge in [-0.15, -0.1) is 0 Å². The molecule has 0 aliphatic heterocycles. The van der Waals surface area contributed by atoms with Crippen LogP contribution in [0.3, 0.4) is 0 Å². The fourth-order valence-electron chi connectivity index (χ4n) is 3.61. The van der Waals surface area contributed by atoms with Gasteiger partial charge in [0.1, 0.15) is 17.2 Å². The summed E-state index contributed by atoms with van der Waals surface area (Å²) in [7, 11) is 0. The fraction of sp³-hybridized carbons (Fsp3) is 0.214. The van der Waals surface area contributed by atoms with Gasteiger partial charge in [0.05, 0.1) is 41.4 Å². The Labute approximate surface area is 199 Å². The lowest BCUT2D eigenvalue weighted by Crippen LogP contribution is -2.15. The molecule has 6 heteroatoms. The molecule has 1 aliphatic carbocycles. The van der Waals surface area contributed by atoms with Crippen LogP contribution in [0.1, 0.15) is 42.6 Å². The summed E-state index contributed by atoms with van der Waals surface area (Å²) in [5.41, 5.74) is 3.41. The van der Waals surface area contributed by atoms with Crippen molar-refractivity contribution in [2.45, 2.75) is 26.7 Å². The Kier molecular flexibility index (Phi) is 7.28. The fourth-order valence-corrected chi connectivity index (χ4v) is 3.61. The minimum absolute atomic E-state index is 0.00297. The van der Waals surface area contributed by atoms with Crippen molar-refractivity contribution in [2.75, 3.05) is 18.5 Å². The first-order valence-electron chi connectivity index (χ1n) is 11.5. The number of phenolic OH excluding ortho intramolecular Hbond substituents is 1. The van der Waals surface area contributed by atoms with Gasteiger partial charge in [-0.3, -0.25) is 4.79 Å². The molecule has 6 nitrogen and oxygen atoms in total. The lowest BCUT2D eigenvalue weighted by molar-refractivity contribution is 0.104. The molecular weight excluding hydrogens is 428 g/mol. The molecule has 2 N–H and O–H groups in total. The summed E-state index contributed by atoms with van der Waals surface area (Å²) in [6.07, 6.45) is 4.99. The van der Waals surface area contributed by atoms with Crippen LogP contribution in [0, 0.1) is 0 Å². The van der Waals surface area contributed by atoms with Gasteiger partial charge in [0.2, 0.25) is 0 Å². The number of hydrogen-bond acceptors (Lipinski definition) is 6. The lowest BCUT2D eigenvalue weighted by atomic mass is 9.91. The minimum atomic E-state index is -0.196. The number of phenols is 1.